The van der Waals surface area contributed by atoms with E-state index in [0.29, 0.717) is 23.6 Å². The first-order chi connectivity index (χ1) is 9.69. The number of nitrogens with one attached hydrogen (secondary N) is 2. The van der Waals surface area contributed by atoms with Crippen molar-refractivity contribution >= 4 is 11.6 Å². The van der Waals surface area contributed by atoms with Gasteiger partial charge in [-0.1, -0.05) is 13.0 Å². The van der Waals surface area contributed by atoms with Gasteiger partial charge >= 0.3 is 0 Å². The van der Waals surface area contributed by atoms with Crippen LogP contribution >= 0.6 is 0 Å². The average molecular weight is 272 g/mol. The molecule has 5 heteroatoms. The summed E-state index contributed by atoms with van der Waals surface area (Å²) in [6.45, 7) is 2.67. The van der Waals surface area contributed by atoms with Gasteiger partial charge in [0.25, 0.3) is 5.91 Å². The fourth-order valence-electron chi connectivity index (χ4n) is 1.64. The van der Waals surface area contributed by atoms with Gasteiger partial charge < -0.3 is 15.0 Å². The highest BCUT2D eigenvalue weighted by molar-refractivity contribution is 6.04. The number of anilines is 1. The number of amides is 1. The van der Waals surface area contributed by atoms with Crippen LogP contribution in [-0.2, 0) is 0 Å². The largest absolute Gasteiger partial charge is 0.494 e. The molecule has 1 amide bonds. The molecule has 1 aromatic carbocycles. The maximum Gasteiger partial charge on any atom is 0.257 e. The first-order valence-electron chi connectivity index (χ1n) is 6.42. The van der Waals surface area contributed by atoms with Gasteiger partial charge in [-0.25, -0.2) is 0 Å². The molecule has 0 bridgehead atoms. The number of aromatic nitrogens is 1. The molecule has 0 fully saturated rings. The maximum atomic E-state index is 12.0. The van der Waals surface area contributed by atoms with Crippen LogP contribution in [0.3, 0.4) is 0 Å². The summed E-state index contributed by atoms with van der Waals surface area (Å²) in [6.07, 6.45) is 2.31. The lowest BCUT2D eigenvalue weighted by molar-refractivity contribution is 0.102. The third-order valence-electron chi connectivity index (χ3n) is 2.61. The number of carbonyl (C=O) groups is 1. The Morgan fingerprint density at radius 2 is 2.15 bits per heavy atom. The second-order valence-electron chi connectivity index (χ2n) is 4.27. The van der Waals surface area contributed by atoms with E-state index in [1.54, 1.807) is 12.1 Å². The molecule has 0 atom stereocenters. The lowest BCUT2D eigenvalue weighted by Crippen LogP contribution is -2.14. The summed E-state index contributed by atoms with van der Waals surface area (Å²) >= 11 is 0. The molecule has 0 saturated heterocycles. The van der Waals surface area contributed by atoms with Gasteiger partial charge in [0.2, 0.25) is 5.56 Å². The summed E-state index contributed by atoms with van der Waals surface area (Å²) in [5.41, 5.74) is 0.802. The Labute approximate surface area is 116 Å². The molecule has 1 aromatic heterocycles. The molecule has 0 spiro atoms. The van der Waals surface area contributed by atoms with Crippen LogP contribution in [-0.4, -0.2) is 17.5 Å². The van der Waals surface area contributed by atoms with Gasteiger partial charge in [-0.15, -0.1) is 0 Å². The minimum absolute atomic E-state index is 0.239. The first kappa shape index (κ1) is 13.9. The normalized spacial score (nSPS) is 10.1. The second-order valence-corrected chi connectivity index (χ2v) is 4.27. The highest BCUT2D eigenvalue weighted by Crippen LogP contribution is 2.18. The quantitative estimate of drug-likeness (QED) is 0.878. The van der Waals surface area contributed by atoms with Crippen molar-refractivity contribution in [1.82, 2.24) is 4.98 Å². The van der Waals surface area contributed by atoms with Crippen molar-refractivity contribution < 1.29 is 9.53 Å². The summed E-state index contributed by atoms with van der Waals surface area (Å²) in [7, 11) is 0. The standard InChI is InChI=1S/C15H16N2O3/c1-2-8-20-13-5-3-4-12(9-13)17-15(19)11-6-7-14(18)16-10-11/h3-7,9-10H,2,8H2,1H3,(H,16,18)(H,17,19). The average Bonchev–Trinajstić information content (AvgIpc) is 2.46. The molecule has 0 aliphatic heterocycles. The molecule has 0 radical (unpaired) electrons. The Kier molecular flexibility index (Phi) is 4.55. The summed E-state index contributed by atoms with van der Waals surface area (Å²) in [5, 5.41) is 2.75. The second kappa shape index (κ2) is 6.56. The monoisotopic (exact) mass is 272 g/mol. The summed E-state index contributed by atoms with van der Waals surface area (Å²) in [4.78, 5) is 25.4. The van der Waals surface area contributed by atoms with Crippen molar-refractivity contribution in [3.8, 4) is 5.75 Å². The zero-order valence-corrected chi connectivity index (χ0v) is 11.2. The van der Waals surface area contributed by atoms with E-state index in [9.17, 15) is 9.59 Å². The number of carbonyl (C=O) groups excluding carboxylic acids is 1. The molecular weight excluding hydrogens is 256 g/mol. The van der Waals surface area contributed by atoms with E-state index in [2.05, 4.69) is 10.3 Å². The van der Waals surface area contributed by atoms with Crippen molar-refractivity contribution in [3.63, 3.8) is 0 Å². The molecule has 0 aliphatic rings. The number of aromatic amines is 1. The van der Waals surface area contributed by atoms with Crippen LogP contribution in [0.1, 0.15) is 23.7 Å². The molecule has 0 unspecified atom stereocenters. The van der Waals surface area contributed by atoms with Crippen LogP contribution in [0, 0.1) is 0 Å². The number of pyridine rings is 1. The lowest BCUT2D eigenvalue weighted by Gasteiger charge is -2.08. The molecule has 104 valence electrons. The molecule has 0 aliphatic carbocycles. The Hall–Kier alpha value is -2.56. The highest BCUT2D eigenvalue weighted by Gasteiger charge is 2.06. The first-order valence-corrected chi connectivity index (χ1v) is 6.42. The van der Waals surface area contributed by atoms with Crippen LogP contribution in [0.2, 0.25) is 0 Å². The van der Waals surface area contributed by atoms with Gasteiger partial charge in [0.15, 0.2) is 0 Å². The zero-order chi connectivity index (χ0) is 14.4. The number of ether oxygens (including phenoxy) is 1. The molecule has 2 aromatic rings. The van der Waals surface area contributed by atoms with Gasteiger partial charge in [-0.05, 0) is 24.6 Å². The van der Waals surface area contributed by atoms with Crippen molar-refractivity contribution in [3.05, 3.63) is 58.5 Å². The minimum Gasteiger partial charge on any atom is -0.494 e. The summed E-state index contributed by atoms with van der Waals surface area (Å²) < 4.78 is 5.50. The SMILES string of the molecule is CCCOc1cccc(NC(=O)c2ccc(=O)[nH]c2)c1. The zero-order valence-electron chi connectivity index (χ0n) is 11.2. The predicted molar refractivity (Wildman–Crippen MR) is 77.2 cm³/mol. The Morgan fingerprint density at radius 3 is 2.85 bits per heavy atom. The number of hydrogen-bond donors (Lipinski definition) is 2. The third-order valence-corrected chi connectivity index (χ3v) is 2.61. The van der Waals surface area contributed by atoms with Crippen LogP contribution in [0.25, 0.3) is 0 Å². The summed E-state index contributed by atoms with van der Waals surface area (Å²) in [6, 6.07) is 9.99. The van der Waals surface area contributed by atoms with Crippen LogP contribution in [0.4, 0.5) is 5.69 Å². The van der Waals surface area contributed by atoms with Gasteiger partial charge in [0.05, 0.1) is 12.2 Å². The van der Waals surface area contributed by atoms with Crippen molar-refractivity contribution in [1.29, 1.82) is 0 Å². The fraction of sp³-hybridized carbons (Fsp3) is 0.200. The Balaban J connectivity index is 2.07. The fourth-order valence-corrected chi connectivity index (χ4v) is 1.64. The number of H-pyrrole nitrogens is 1. The number of rotatable bonds is 5. The van der Waals surface area contributed by atoms with Gasteiger partial charge in [0.1, 0.15) is 5.75 Å². The molecule has 2 N–H and O–H groups in total. The molecule has 2 rings (SSSR count). The topological polar surface area (TPSA) is 71.2 Å². The van der Waals surface area contributed by atoms with Crippen LogP contribution in [0.15, 0.2) is 47.4 Å². The van der Waals surface area contributed by atoms with Gasteiger partial charge in [-0.3, -0.25) is 9.59 Å². The highest BCUT2D eigenvalue weighted by atomic mass is 16.5. The van der Waals surface area contributed by atoms with E-state index < -0.39 is 0 Å². The molecule has 5 nitrogen and oxygen atoms in total. The lowest BCUT2D eigenvalue weighted by atomic mass is 10.2. The maximum absolute atomic E-state index is 12.0. The van der Waals surface area contributed by atoms with E-state index in [4.69, 9.17) is 4.74 Å². The molecule has 0 saturated carbocycles. The third kappa shape index (κ3) is 3.71. The van der Waals surface area contributed by atoms with E-state index >= 15 is 0 Å². The van der Waals surface area contributed by atoms with Crippen molar-refractivity contribution in [2.24, 2.45) is 0 Å². The van der Waals surface area contributed by atoms with E-state index in [0.717, 1.165) is 6.42 Å². The molecular formula is C15H16N2O3. The van der Waals surface area contributed by atoms with E-state index in [1.807, 2.05) is 19.1 Å². The van der Waals surface area contributed by atoms with Crippen LogP contribution < -0.4 is 15.6 Å². The summed E-state index contributed by atoms with van der Waals surface area (Å²) in [5.74, 6) is 0.431. The Morgan fingerprint density at radius 1 is 1.30 bits per heavy atom. The van der Waals surface area contributed by atoms with Gasteiger partial charge in [-0.2, -0.15) is 0 Å². The van der Waals surface area contributed by atoms with Crippen LogP contribution in [0.5, 0.6) is 5.75 Å². The van der Waals surface area contributed by atoms with E-state index in [-0.39, 0.29) is 11.5 Å². The number of benzene rings is 1. The smallest absolute Gasteiger partial charge is 0.257 e. The Bertz CT molecular complexity index is 629. The van der Waals surface area contributed by atoms with Crippen molar-refractivity contribution in [2.45, 2.75) is 13.3 Å². The molecule has 20 heavy (non-hydrogen) atoms. The van der Waals surface area contributed by atoms with E-state index in [1.165, 1.54) is 18.3 Å². The van der Waals surface area contributed by atoms with Crippen molar-refractivity contribution in [2.75, 3.05) is 11.9 Å². The predicted octanol–water partition coefficient (Wildman–Crippen LogP) is 2.42. The minimum atomic E-state index is -0.283. The number of hydrogen-bond acceptors (Lipinski definition) is 3. The van der Waals surface area contributed by atoms with Gasteiger partial charge in [0, 0.05) is 24.0 Å². The molecule has 1 heterocycles.